The quantitative estimate of drug-likeness (QED) is 0.312. The topological polar surface area (TPSA) is 90.2 Å². The summed E-state index contributed by atoms with van der Waals surface area (Å²) in [5, 5.41) is 17.2. The molecule has 0 unspecified atom stereocenters. The first-order valence-corrected chi connectivity index (χ1v) is 8.77. The molecule has 0 saturated heterocycles. The Morgan fingerprint density at radius 2 is 2.21 bits per heavy atom. The SMILES string of the molecule is Cc1nc(Cl)c([N+](=O)[O-])c(NCCOCCCc2nccs2)c1C. The maximum atomic E-state index is 11.2. The van der Waals surface area contributed by atoms with Crippen LogP contribution < -0.4 is 5.32 Å². The Hall–Kier alpha value is -1.77. The van der Waals surface area contributed by atoms with Gasteiger partial charge in [-0.05, 0) is 20.3 Å². The van der Waals surface area contributed by atoms with Crippen molar-refractivity contribution in [1.82, 2.24) is 9.97 Å². The number of aromatic nitrogens is 2. The Bertz CT molecular complexity index is 695. The van der Waals surface area contributed by atoms with Crippen molar-refractivity contribution in [2.75, 3.05) is 25.1 Å². The second-order valence-electron chi connectivity index (χ2n) is 5.16. The summed E-state index contributed by atoms with van der Waals surface area (Å²) in [7, 11) is 0. The van der Waals surface area contributed by atoms with E-state index in [0.29, 0.717) is 31.1 Å². The van der Waals surface area contributed by atoms with Gasteiger partial charge in [-0.25, -0.2) is 9.97 Å². The molecule has 2 aromatic rings. The minimum atomic E-state index is -0.515. The van der Waals surface area contributed by atoms with Gasteiger partial charge in [0.1, 0.15) is 5.69 Å². The first-order chi connectivity index (χ1) is 11.5. The second-order valence-corrected chi connectivity index (χ2v) is 6.50. The normalized spacial score (nSPS) is 10.8. The van der Waals surface area contributed by atoms with Crippen LogP contribution in [0.3, 0.4) is 0 Å². The van der Waals surface area contributed by atoms with Gasteiger partial charge in [-0.1, -0.05) is 11.6 Å². The number of thiazole rings is 1. The Labute approximate surface area is 149 Å². The summed E-state index contributed by atoms with van der Waals surface area (Å²) in [5.41, 5.74) is 1.60. The molecule has 0 radical (unpaired) electrons. The second kappa shape index (κ2) is 8.91. The van der Waals surface area contributed by atoms with E-state index in [0.717, 1.165) is 23.4 Å². The van der Waals surface area contributed by atoms with Gasteiger partial charge >= 0.3 is 5.69 Å². The fraction of sp³-hybridized carbons (Fsp3) is 0.467. The number of halogens is 1. The molecule has 2 aromatic heterocycles. The number of nitrogens with one attached hydrogen (secondary N) is 1. The van der Waals surface area contributed by atoms with Gasteiger partial charge in [-0.2, -0.15) is 0 Å². The number of ether oxygens (including phenoxy) is 1. The molecule has 7 nitrogen and oxygen atoms in total. The van der Waals surface area contributed by atoms with Crippen molar-refractivity contribution in [3.05, 3.63) is 43.1 Å². The van der Waals surface area contributed by atoms with Crippen molar-refractivity contribution in [2.24, 2.45) is 0 Å². The highest BCUT2D eigenvalue weighted by Crippen LogP contribution is 2.35. The minimum Gasteiger partial charge on any atom is -0.380 e. The van der Waals surface area contributed by atoms with Crippen molar-refractivity contribution in [1.29, 1.82) is 0 Å². The van der Waals surface area contributed by atoms with E-state index in [9.17, 15) is 10.1 Å². The Morgan fingerprint density at radius 1 is 1.42 bits per heavy atom. The number of hydrogen-bond acceptors (Lipinski definition) is 7. The highest BCUT2D eigenvalue weighted by atomic mass is 35.5. The smallest absolute Gasteiger partial charge is 0.329 e. The molecule has 0 atom stereocenters. The highest BCUT2D eigenvalue weighted by molar-refractivity contribution is 7.09. The summed E-state index contributed by atoms with van der Waals surface area (Å²) in [6.45, 7) is 5.08. The van der Waals surface area contributed by atoms with Crippen LogP contribution in [-0.4, -0.2) is 34.6 Å². The van der Waals surface area contributed by atoms with Gasteiger partial charge in [0.15, 0.2) is 0 Å². The molecule has 1 N–H and O–H groups in total. The van der Waals surface area contributed by atoms with E-state index in [1.807, 2.05) is 5.38 Å². The average Bonchev–Trinajstić information content (AvgIpc) is 3.03. The lowest BCUT2D eigenvalue weighted by Crippen LogP contribution is -2.13. The van der Waals surface area contributed by atoms with Crippen LogP contribution in [0.5, 0.6) is 0 Å². The molecular formula is C15H19ClN4O3S. The molecule has 0 fully saturated rings. The number of pyridine rings is 1. The van der Waals surface area contributed by atoms with E-state index in [-0.39, 0.29) is 10.8 Å². The van der Waals surface area contributed by atoms with Gasteiger partial charge in [0.25, 0.3) is 0 Å². The number of nitro groups is 1. The van der Waals surface area contributed by atoms with Crippen LogP contribution in [0.1, 0.15) is 22.7 Å². The van der Waals surface area contributed by atoms with E-state index >= 15 is 0 Å². The van der Waals surface area contributed by atoms with Gasteiger partial charge in [0.2, 0.25) is 5.15 Å². The van der Waals surface area contributed by atoms with Crippen molar-refractivity contribution in [2.45, 2.75) is 26.7 Å². The van der Waals surface area contributed by atoms with E-state index in [1.165, 1.54) is 0 Å². The third-order valence-corrected chi connectivity index (χ3v) is 4.61. The summed E-state index contributed by atoms with van der Waals surface area (Å²) in [4.78, 5) is 18.9. The van der Waals surface area contributed by atoms with E-state index in [1.54, 1.807) is 31.4 Å². The maximum absolute atomic E-state index is 11.2. The van der Waals surface area contributed by atoms with E-state index < -0.39 is 4.92 Å². The number of hydrogen-bond donors (Lipinski definition) is 1. The third kappa shape index (κ3) is 4.86. The van der Waals surface area contributed by atoms with Crippen LogP contribution in [0.25, 0.3) is 0 Å². The van der Waals surface area contributed by atoms with Crippen LogP contribution in [0.4, 0.5) is 11.4 Å². The highest BCUT2D eigenvalue weighted by Gasteiger charge is 2.23. The van der Waals surface area contributed by atoms with Crippen LogP contribution in [0, 0.1) is 24.0 Å². The minimum absolute atomic E-state index is 0.102. The molecule has 0 saturated carbocycles. The van der Waals surface area contributed by atoms with Crippen LogP contribution >= 0.6 is 22.9 Å². The first-order valence-electron chi connectivity index (χ1n) is 7.51. The monoisotopic (exact) mass is 370 g/mol. The van der Waals surface area contributed by atoms with Crippen molar-refractivity contribution in [3.63, 3.8) is 0 Å². The van der Waals surface area contributed by atoms with Crippen LogP contribution in [-0.2, 0) is 11.2 Å². The zero-order valence-electron chi connectivity index (χ0n) is 13.5. The molecule has 0 bridgehead atoms. The predicted octanol–water partition coefficient (Wildman–Crippen LogP) is 3.78. The molecule has 9 heteroatoms. The van der Waals surface area contributed by atoms with E-state index in [2.05, 4.69) is 15.3 Å². The molecule has 0 aliphatic rings. The molecule has 0 amide bonds. The number of anilines is 1. The standard InChI is InChI=1S/C15H19ClN4O3S/c1-10-11(2)19-15(16)14(20(21)22)13(10)18-5-8-23-7-3-4-12-17-6-9-24-12/h6,9H,3-5,7-8H2,1-2H3,(H,18,19). The Kier molecular flexibility index (Phi) is 6.89. The Morgan fingerprint density at radius 3 is 2.88 bits per heavy atom. The lowest BCUT2D eigenvalue weighted by atomic mass is 10.1. The summed E-state index contributed by atoms with van der Waals surface area (Å²) in [6, 6.07) is 0. The molecule has 2 rings (SSSR count). The van der Waals surface area contributed by atoms with Gasteiger partial charge in [0.05, 0.1) is 16.5 Å². The first kappa shape index (κ1) is 18.6. The lowest BCUT2D eigenvalue weighted by Gasteiger charge is -2.12. The fourth-order valence-corrected chi connectivity index (χ4v) is 3.13. The summed E-state index contributed by atoms with van der Waals surface area (Å²) in [5.74, 6) is 0. The number of nitrogens with zero attached hydrogens (tertiary/aromatic N) is 3. The molecule has 24 heavy (non-hydrogen) atoms. The third-order valence-electron chi connectivity index (χ3n) is 3.51. The molecule has 2 heterocycles. The van der Waals surface area contributed by atoms with Gasteiger partial charge in [0, 0.05) is 42.4 Å². The van der Waals surface area contributed by atoms with E-state index in [4.69, 9.17) is 16.3 Å². The number of aryl methyl sites for hydroxylation is 2. The zero-order valence-corrected chi connectivity index (χ0v) is 15.1. The predicted molar refractivity (Wildman–Crippen MR) is 95.1 cm³/mol. The van der Waals surface area contributed by atoms with Crippen molar-refractivity contribution >= 4 is 34.3 Å². The lowest BCUT2D eigenvalue weighted by molar-refractivity contribution is -0.384. The largest absolute Gasteiger partial charge is 0.380 e. The average molecular weight is 371 g/mol. The van der Waals surface area contributed by atoms with Crippen LogP contribution in [0.2, 0.25) is 5.15 Å². The molecule has 0 aliphatic carbocycles. The van der Waals surface area contributed by atoms with Crippen molar-refractivity contribution < 1.29 is 9.66 Å². The summed E-state index contributed by atoms with van der Waals surface area (Å²) < 4.78 is 5.55. The molecule has 130 valence electrons. The fourth-order valence-electron chi connectivity index (χ4n) is 2.18. The molecular weight excluding hydrogens is 352 g/mol. The Balaban J connectivity index is 1.80. The van der Waals surface area contributed by atoms with Gasteiger partial charge in [-0.15, -0.1) is 11.3 Å². The van der Waals surface area contributed by atoms with Gasteiger partial charge in [-0.3, -0.25) is 10.1 Å². The molecule has 0 aromatic carbocycles. The van der Waals surface area contributed by atoms with Gasteiger partial charge < -0.3 is 10.1 Å². The van der Waals surface area contributed by atoms with Crippen molar-refractivity contribution in [3.8, 4) is 0 Å². The number of rotatable bonds is 9. The molecule has 0 spiro atoms. The maximum Gasteiger partial charge on any atom is 0.329 e. The zero-order chi connectivity index (χ0) is 17.5. The summed E-state index contributed by atoms with van der Waals surface area (Å²) >= 11 is 7.54. The van der Waals surface area contributed by atoms with Crippen LogP contribution in [0.15, 0.2) is 11.6 Å². The molecule has 0 aliphatic heterocycles. The summed E-state index contributed by atoms with van der Waals surface area (Å²) in [6.07, 6.45) is 3.59.